The number of carbonyl (C=O) groups excluding carboxylic acids is 2. The van der Waals surface area contributed by atoms with Crippen molar-refractivity contribution in [3.05, 3.63) is 104 Å². The normalized spacial score (nSPS) is 20.5. The van der Waals surface area contributed by atoms with Gasteiger partial charge in [-0.15, -0.1) is 12.4 Å². The van der Waals surface area contributed by atoms with E-state index in [0.29, 0.717) is 56.7 Å². The first-order chi connectivity index (χ1) is 28.0. The molecule has 0 aromatic heterocycles. The number of amides is 2. The van der Waals surface area contributed by atoms with Gasteiger partial charge >= 0.3 is 12.4 Å². The minimum atomic E-state index is -5.11. The van der Waals surface area contributed by atoms with Gasteiger partial charge in [-0.25, -0.2) is 0 Å². The number of carbonyl (C=O) groups is 2. The second-order valence-electron chi connectivity index (χ2n) is 15.9. The number of unbranched alkanes of at least 4 members (excludes halogenated alkanes) is 3. The van der Waals surface area contributed by atoms with E-state index in [9.17, 15) is 35.9 Å². The molecule has 1 aliphatic carbocycles. The van der Waals surface area contributed by atoms with Crippen molar-refractivity contribution in [3.63, 3.8) is 0 Å². The molecule has 0 bridgehead atoms. The number of benzene rings is 3. The number of likely N-dealkylation sites (tertiary alicyclic amines) is 1. The van der Waals surface area contributed by atoms with Gasteiger partial charge in [0.25, 0.3) is 5.91 Å². The highest BCUT2D eigenvalue weighted by atomic mass is 35.5. The summed E-state index contributed by atoms with van der Waals surface area (Å²) in [5.74, 6) is -1.07. The Balaban J connectivity index is 0.00000683. The van der Waals surface area contributed by atoms with Crippen molar-refractivity contribution >= 4 is 47.4 Å². The van der Waals surface area contributed by atoms with Gasteiger partial charge in [0.2, 0.25) is 5.91 Å². The fraction of sp³-hybridized carbons (Fsp3) is 0.535. The summed E-state index contributed by atoms with van der Waals surface area (Å²) in [6.45, 7) is 2.30. The number of piperidine rings is 1. The minimum Gasteiger partial charge on any atom is -0.396 e. The van der Waals surface area contributed by atoms with E-state index in [-0.39, 0.29) is 78.9 Å². The van der Waals surface area contributed by atoms with Crippen LogP contribution in [0.2, 0.25) is 10.0 Å². The molecule has 2 fully saturated rings. The molecule has 1 N–H and O–H groups in total. The number of alkyl halides is 6. The number of likely N-dealkylation sites (N-methyl/N-ethyl adjacent to an activating group) is 1. The smallest absolute Gasteiger partial charge is 0.396 e. The topological polar surface area (TPSA) is 82.5 Å². The van der Waals surface area contributed by atoms with Gasteiger partial charge in [-0.2, -0.15) is 26.3 Å². The van der Waals surface area contributed by atoms with Crippen LogP contribution in [-0.2, 0) is 44.1 Å². The van der Waals surface area contributed by atoms with Crippen molar-refractivity contribution < 1.29 is 50.5 Å². The average molecular weight is 909 g/mol. The first-order valence-corrected chi connectivity index (χ1v) is 20.7. The maximum absolute atomic E-state index is 13.8. The SMILES string of the molecule is CN(CCCCCCO)C(=O)CO[C@H]1Cc2ccccc2C12CCN(CC[C@]1(c3ccc(Cl)c(Cl)c3)CN(C(=O)c3cc(C(F)(F)F)cc(C(F)(F)F)c3)CCO1)CC2.Cl. The Kier molecular flexibility index (Phi) is 15.9. The lowest BCUT2D eigenvalue weighted by molar-refractivity contribution is -0.143. The summed E-state index contributed by atoms with van der Waals surface area (Å²) in [6, 6.07) is 14.1. The lowest BCUT2D eigenvalue weighted by Crippen LogP contribution is -2.54. The van der Waals surface area contributed by atoms with Crippen LogP contribution in [0.1, 0.15) is 83.1 Å². The highest BCUT2D eigenvalue weighted by Gasteiger charge is 2.50. The first-order valence-electron chi connectivity index (χ1n) is 19.9. The standard InChI is InChI=1S/C43H49Cl2F6N3O5.ClH/c1-52(15-6-2-3-7-20-55)38(56)27-58-37-24-29-8-4-5-9-34(29)40(37)12-16-53(17-13-40)18-14-41(31-10-11-35(44)36(45)26-31)28-54(19-21-59-41)39(57)30-22-32(42(46,47)48)25-33(23-30)43(49,50)51;/h4-5,8-11,22-23,25-26,37,55H,2-3,6-7,12-21,24,27-28H2,1H3;1H/t37-,41+;/m0./s1. The van der Waals surface area contributed by atoms with Crippen molar-refractivity contribution in [2.24, 2.45) is 0 Å². The highest BCUT2D eigenvalue weighted by molar-refractivity contribution is 6.42. The first kappa shape index (κ1) is 47.9. The van der Waals surface area contributed by atoms with Crippen LogP contribution >= 0.6 is 35.6 Å². The van der Waals surface area contributed by atoms with Crippen molar-refractivity contribution in [3.8, 4) is 0 Å². The summed E-state index contributed by atoms with van der Waals surface area (Å²) >= 11 is 12.7. The Labute approximate surface area is 362 Å². The van der Waals surface area contributed by atoms with E-state index in [2.05, 4.69) is 17.0 Å². The van der Waals surface area contributed by atoms with Gasteiger partial charge in [0.1, 0.15) is 12.2 Å². The molecular formula is C43H50Cl3F6N3O5. The van der Waals surface area contributed by atoms with Gasteiger partial charge in [0.05, 0.1) is 40.4 Å². The number of hydrogen-bond donors (Lipinski definition) is 1. The molecule has 60 heavy (non-hydrogen) atoms. The Hall–Kier alpha value is -3.11. The molecule has 2 saturated heterocycles. The molecule has 6 rings (SSSR count). The van der Waals surface area contributed by atoms with Crippen LogP contribution in [-0.4, -0.2) is 104 Å². The molecule has 8 nitrogen and oxygen atoms in total. The van der Waals surface area contributed by atoms with Gasteiger partial charge in [-0.1, -0.05) is 66.4 Å². The summed E-state index contributed by atoms with van der Waals surface area (Å²) in [7, 11) is 1.78. The Morgan fingerprint density at radius 2 is 1.57 bits per heavy atom. The Morgan fingerprint density at radius 3 is 2.22 bits per heavy atom. The summed E-state index contributed by atoms with van der Waals surface area (Å²) in [4.78, 5) is 32.1. The Morgan fingerprint density at radius 1 is 0.900 bits per heavy atom. The molecule has 2 heterocycles. The molecule has 1 spiro atoms. The number of nitrogens with zero attached hydrogens (tertiary/aromatic N) is 3. The van der Waals surface area contributed by atoms with Crippen LogP contribution in [0.5, 0.6) is 0 Å². The van der Waals surface area contributed by atoms with Gasteiger partial charge in [0.15, 0.2) is 0 Å². The summed E-state index contributed by atoms with van der Waals surface area (Å²) < 4.78 is 95.2. The predicted molar refractivity (Wildman–Crippen MR) is 219 cm³/mol. The van der Waals surface area contributed by atoms with Gasteiger partial charge in [0, 0.05) is 44.3 Å². The fourth-order valence-electron chi connectivity index (χ4n) is 8.77. The van der Waals surface area contributed by atoms with Crippen molar-refractivity contribution in [2.45, 2.75) is 80.8 Å². The number of aliphatic hydroxyl groups is 1. The number of rotatable bonds is 14. The summed E-state index contributed by atoms with van der Waals surface area (Å²) in [5.41, 5.74) is -2.43. The third-order valence-electron chi connectivity index (χ3n) is 12.1. The van der Waals surface area contributed by atoms with Crippen LogP contribution in [0, 0.1) is 0 Å². The summed E-state index contributed by atoms with van der Waals surface area (Å²) in [5, 5.41) is 9.51. The van der Waals surface area contributed by atoms with Crippen molar-refractivity contribution in [2.75, 3.05) is 66.1 Å². The molecule has 2 aliphatic heterocycles. The third-order valence-corrected chi connectivity index (χ3v) is 12.9. The number of fused-ring (bicyclic) bond motifs is 2. The van der Waals surface area contributed by atoms with Gasteiger partial charge in [-0.3, -0.25) is 9.59 Å². The average Bonchev–Trinajstić information content (AvgIpc) is 3.51. The molecule has 2 amide bonds. The second-order valence-corrected chi connectivity index (χ2v) is 16.7. The number of ether oxygens (including phenoxy) is 2. The van der Waals surface area contributed by atoms with Gasteiger partial charge in [-0.05, 0) is 98.6 Å². The predicted octanol–water partition coefficient (Wildman–Crippen LogP) is 9.20. The maximum Gasteiger partial charge on any atom is 0.416 e. The zero-order valence-electron chi connectivity index (χ0n) is 33.2. The maximum atomic E-state index is 13.8. The van der Waals surface area contributed by atoms with Crippen LogP contribution in [0.3, 0.4) is 0 Å². The van der Waals surface area contributed by atoms with Crippen LogP contribution in [0.4, 0.5) is 26.3 Å². The number of halogens is 9. The van der Waals surface area contributed by atoms with Crippen molar-refractivity contribution in [1.29, 1.82) is 0 Å². The molecule has 0 radical (unpaired) electrons. The van der Waals surface area contributed by atoms with Crippen molar-refractivity contribution in [1.82, 2.24) is 14.7 Å². The molecule has 0 saturated carbocycles. The second kappa shape index (κ2) is 19.9. The van der Waals surface area contributed by atoms with E-state index in [4.69, 9.17) is 37.8 Å². The number of morpholine rings is 1. The molecule has 3 aromatic carbocycles. The molecule has 3 aliphatic rings. The largest absolute Gasteiger partial charge is 0.416 e. The Bertz CT molecular complexity index is 1930. The lowest BCUT2D eigenvalue weighted by Gasteiger charge is -2.46. The zero-order valence-corrected chi connectivity index (χ0v) is 35.6. The molecular weight excluding hydrogens is 859 g/mol. The number of aliphatic hydroxyl groups excluding tert-OH is 1. The van der Waals surface area contributed by atoms with Crippen LogP contribution in [0.25, 0.3) is 0 Å². The number of hydrogen-bond acceptors (Lipinski definition) is 6. The molecule has 3 aromatic rings. The lowest BCUT2D eigenvalue weighted by atomic mass is 9.72. The van der Waals surface area contributed by atoms with Gasteiger partial charge < -0.3 is 29.3 Å². The minimum absolute atomic E-state index is 0. The molecule has 2 atom stereocenters. The fourth-order valence-corrected chi connectivity index (χ4v) is 9.06. The zero-order chi connectivity index (χ0) is 42.6. The third kappa shape index (κ3) is 10.9. The summed E-state index contributed by atoms with van der Waals surface area (Å²) in [6.07, 6.45) is -4.51. The molecule has 0 unspecified atom stereocenters. The van der Waals surface area contributed by atoms with E-state index in [1.807, 2.05) is 12.1 Å². The quantitative estimate of drug-likeness (QED) is 0.128. The van der Waals surface area contributed by atoms with E-state index >= 15 is 0 Å². The van der Waals surface area contributed by atoms with E-state index in [1.54, 1.807) is 30.1 Å². The van der Waals surface area contributed by atoms with E-state index in [0.717, 1.165) is 38.5 Å². The van der Waals surface area contributed by atoms with E-state index < -0.39 is 40.6 Å². The molecule has 330 valence electrons. The molecule has 17 heteroatoms. The highest BCUT2D eigenvalue weighted by Crippen LogP contribution is 2.48. The van der Waals surface area contributed by atoms with Crippen LogP contribution in [0.15, 0.2) is 60.7 Å². The monoisotopic (exact) mass is 907 g/mol. The van der Waals surface area contributed by atoms with E-state index in [1.165, 1.54) is 16.0 Å². The van der Waals surface area contributed by atoms with Crippen LogP contribution < -0.4 is 0 Å².